The molecule has 0 unspecified atom stereocenters. The zero-order valence-electron chi connectivity index (χ0n) is 25.1. The first-order valence-electron chi connectivity index (χ1n) is 13.7. The van der Waals surface area contributed by atoms with E-state index >= 15 is 0 Å². The summed E-state index contributed by atoms with van der Waals surface area (Å²) in [6, 6.07) is 9.41. The molecular formula is C33H37F2N3O5. The molecule has 0 fully saturated rings. The minimum absolute atomic E-state index is 0.0179. The molecule has 3 rings (SSSR count). The largest absolute Gasteiger partial charge is 0.480 e. The Balaban J connectivity index is 1.98. The van der Waals surface area contributed by atoms with Crippen LogP contribution in [-0.2, 0) is 16.0 Å². The number of carboxylic acids is 1. The molecule has 0 aliphatic carbocycles. The number of rotatable bonds is 10. The Morgan fingerprint density at radius 1 is 0.953 bits per heavy atom. The van der Waals surface area contributed by atoms with Crippen LogP contribution >= 0.6 is 0 Å². The number of benzene rings is 3. The van der Waals surface area contributed by atoms with Gasteiger partial charge in [0.05, 0.1) is 23.0 Å². The maximum absolute atomic E-state index is 14.0. The molecule has 0 radical (unpaired) electrons. The zero-order chi connectivity index (χ0) is 32.1. The molecule has 43 heavy (non-hydrogen) atoms. The van der Waals surface area contributed by atoms with E-state index in [1.807, 2.05) is 26.0 Å². The van der Waals surface area contributed by atoms with E-state index < -0.39 is 47.3 Å². The molecule has 4 N–H and O–H groups in total. The van der Waals surface area contributed by atoms with Gasteiger partial charge in [-0.05, 0) is 100 Å². The van der Waals surface area contributed by atoms with E-state index in [9.17, 15) is 28.3 Å². The number of carbonyl (C=O) groups is 3. The number of amides is 3. The van der Waals surface area contributed by atoms with Crippen molar-refractivity contribution in [2.45, 2.75) is 65.7 Å². The molecule has 0 saturated carbocycles. The molecule has 0 heterocycles. The van der Waals surface area contributed by atoms with Crippen LogP contribution in [0.2, 0.25) is 0 Å². The van der Waals surface area contributed by atoms with Crippen molar-refractivity contribution in [3.63, 3.8) is 0 Å². The third kappa shape index (κ3) is 8.71. The molecule has 3 aromatic rings. The van der Waals surface area contributed by atoms with Crippen LogP contribution in [0.25, 0.3) is 11.1 Å². The van der Waals surface area contributed by atoms with Crippen molar-refractivity contribution < 1.29 is 33.0 Å². The normalized spacial score (nSPS) is 12.7. The molecule has 0 spiro atoms. The molecule has 3 amide bonds. The lowest BCUT2D eigenvalue weighted by Gasteiger charge is -2.29. The summed E-state index contributed by atoms with van der Waals surface area (Å²) in [5.74, 6) is -4.17. The molecule has 2 atom stereocenters. The fraction of sp³-hybridized carbons (Fsp3) is 0.303. The van der Waals surface area contributed by atoms with Gasteiger partial charge in [0, 0.05) is 5.69 Å². The number of ether oxygens (including phenoxy) is 1. The van der Waals surface area contributed by atoms with E-state index in [4.69, 9.17) is 4.74 Å². The zero-order valence-corrected chi connectivity index (χ0v) is 25.1. The molecule has 10 heteroatoms. The number of carboxylic acid groups (broad SMARTS) is 1. The molecule has 0 aliphatic rings. The van der Waals surface area contributed by atoms with E-state index in [-0.39, 0.29) is 11.3 Å². The molecule has 0 bridgehead atoms. The summed E-state index contributed by atoms with van der Waals surface area (Å²) in [6.45, 7) is 14.3. The second-order valence-electron chi connectivity index (χ2n) is 11.3. The second-order valence-corrected chi connectivity index (χ2v) is 11.3. The monoisotopic (exact) mass is 593 g/mol. The van der Waals surface area contributed by atoms with Crippen LogP contribution < -0.4 is 16.0 Å². The van der Waals surface area contributed by atoms with Crippen LogP contribution in [0.5, 0.6) is 0 Å². The number of nitrogens with one attached hydrogen (secondary N) is 3. The van der Waals surface area contributed by atoms with Crippen LogP contribution in [-0.4, -0.2) is 40.8 Å². The van der Waals surface area contributed by atoms with Gasteiger partial charge in [0.25, 0.3) is 5.91 Å². The van der Waals surface area contributed by atoms with Gasteiger partial charge in [0.1, 0.15) is 0 Å². The van der Waals surface area contributed by atoms with Crippen molar-refractivity contribution in [3.8, 4) is 11.1 Å². The topological polar surface area (TPSA) is 117 Å². The summed E-state index contributed by atoms with van der Waals surface area (Å²) < 4.78 is 33.3. The molecule has 8 nitrogen and oxygen atoms in total. The predicted octanol–water partition coefficient (Wildman–Crippen LogP) is 7.01. The highest BCUT2D eigenvalue weighted by Gasteiger charge is 2.31. The van der Waals surface area contributed by atoms with Crippen molar-refractivity contribution in [2.24, 2.45) is 0 Å². The summed E-state index contributed by atoms with van der Waals surface area (Å²) >= 11 is 0. The third-order valence-electron chi connectivity index (χ3n) is 6.54. The SMILES string of the molecule is C=CCc1cc(C)c(NC(=O)Nc2cc(-c3ccc(F)c(F)c3)ccc2C(=O)N[C@H](C(=O)O)[C@@H](C)OC(C)(C)C)c(C)c1. The van der Waals surface area contributed by atoms with Crippen molar-refractivity contribution in [1.29, 1.82) is 0 Å². The molecule has 0 saturated heterocycles. The van der Waals surface area contributed by atoms with Crippen molar-refractivity contribution in [2.75, 3.05) is 10.6 Å². The van der Waals surface area contributed by atoms with Gasteiger partial charge in [0.2, 0.25) is 0 Å². The number of aryl methyl sites for hydroxylation is 2. The van der Waals surface area contributed by atoms with Crippen molar-refractivity contribution >= 4 is 29.3 Å². The maximum atomic E-state index is 14.0. The Labute approximate surface area is 250 Å². The second kappa shape index (κ2) is 13.6. The Bertz CT molecular complexity index is 1520. The Hall–Kier alpha value is -4.57. The number of halogens is 2. The van der Waals surface area contributed by atoms with Crippen LogP contribution in [0.15, 0.2) is 61.2 Å². The highest BCUT2D eigenvalue weighted by atomic mass is 19.2. The number of carbonyl (C=O) groups excluding carboxylic acids is 2. The Morgan fingerprint density at radius 3 is 2.12 bits per heavy atom. The number of hydrogen-bond donors (Lipinski definition) is 4. The Kier molecular flexibility index (Phi) is 10.4. The van der Waals surface area contributed by atoms with Crippen LogP contribution in [0.3, 0.4) is 0 Å². The van der Waals surface area contributed by atoms with Crippen LogP contribution in [0.1, 0.15) is 54.7 Å². The molecule has 228 valence electrons. The minimum Gasteiger partial charge on any atom is -0.480 e. The smallest absolute Gasteiger partial charge is 0.328 e. The lowest BCUT2D eigenvalue weighted by Crippen LogP contribution is -2.50. The van der Waals surface area contributed by atoms with Gasteiger partial charge in [-0.15, -0.1) is 6.58 Å². The summed E-state index contributed by atoms with van der Waals surface area (Å²) in [5.41, 5.74) is 3.22. The quantitative estimate of drug-likeness (QED) is 0.189. The minimum atomic E-state index is -1.40. The highest BCUT2D eigenvalue weighted by Crippen LogP contribution is 2.29. The van der Waals surface area contributed by atoms with E-state index in [0.717, 1.165) is 28.8 Å². The van der Waals surface area contributed by atoms with Crippen molar-refractivity contribution in [3.05, 3.63) is 95.1 Å². The van der Waals surface area contributed by atoms with Gasteiger partial charge in [-0.2, -0.15) is 0 Å². The maximum Gasteiger partial charge on any atom is 0.328 e. The number of allylic oxidation sites excluding steroid dienone is 1. The summed E-state index contributed by atoms with van der Waals surface area (Å²) in [6.07, 6.45) is 1.56. The number of anilines is 2. The fourth-order valence-electron chi connectivity index (χ4n) is 4.73. The van der Waals surface area contributed by atoms with Gasteiger partial charge in [-0.1, -0.05) is 30.3 Å². The average Bonchev–Trinajstić information content (AvgIpc) is 2.89. The lowest BCUT2D eigenvalue weighted by atomic mass is 10.0. The molecule has 3 aromatic carbocycles. The molecular weight excluding hydrogens is 556 g/mol. The van der Waals surface area contributed by atoms with Crippen LogP contribution in [0, 0.1) is 25.5 Å². The first-order valence-corrected chi connectivity index (χ1v) is 13.7. The van der Waals surface area contributed by atoms with Gasteiger partial charge in [-0.3, -0.25) is 4.79 Å². The molecule has 0 aromatic heterocycles. The number of urea groups is 1. The van der Waals surface area contributed by atoms with Gasteiger partial charge in [0.15, 0.2) is 17.7 Å². The predicted molar refractivity (Wildman–Crippen MR) is 163 cm³/mol. The average molecular weight is 594 g/mol. The van der Waals surface area contributed by atoms with E-state index in [1.54, 1.807) is 26.8 Å². The first-order chi connectivity index (χ1) is 20.1. The standard InChI is InChI=1S/C33H37F2N3O5/c1-8-9-21-14-18(2)28(19(3)15-21)38-32(42)36-27-17-23(22-11-13-25(34)26(35)16-22)10-12-24(27)30(39)37-29(31(40)41)20(4)43-33(5,6)7/h8,10-17,20,29H,1,9H2,2-7H3,(H,37,39)(H,40,41)(H2,36,38,42)/t20-,29+/m1/s1. The van der Waals surface area contributed by atoms with Gasteiger partial charge >= 0.3 is 12.0 Å². The number of aliphatic carboxylic acids is 1. The van der Waals surface area contributed by atoms with Gasteiger partial charge in [-0.25, -0.2) is 18.4 Å². The summed E-state index contributed by atoms with van der Waals surface area (Å²) in [7, 11) is 0. The Morgan fingerprint density at radius 2 is 1.56 bits per heavy atom. The lowest BCUT2D eigenvalue weighted by molar-refractivity contribution is -0.146. The molecule has 0 aliphatic heterocycles. The van der Waals surface area contributed by atoms with Gasteiger partial charge < -0.3 is 25.8 Å². The van der Waals surface area contributed by atoms with Crippen LogP contribution in [0.4, 0.5) is 25.0 Å². The fourth-order valence-corrected chi connectivity index (χ4v) is 4.73. The van der Waals surface area contributed by atoms with E-state index in [0.29, 0.717) is 23.2 Å². The number of hydrogen-bond acceptors (Lipinski definition) is 4. The highest BCUT2D eigenvalue weighted by molar-refractivity contribution is 6.08. The van der Waals surface area contributed by atoms with Crippen molar-refractivity contribution in [1.82, 2.24) is 5.32 Å². The van der Waals surface area contributed by atoms with E-state index in [2.05, 4.69) is 22.5 Å². The third-order valence-corrected chi connectivity index (χ3v) is 6.54. The summed E-state index contributed by atoms with van der Waals surface area (Å²) in [5, 5.41) is 17.8. The van der Waals surface area contributed by atoms with E-state index in [1.165, 1.54) is 31.2 Å². The summed E-state index contributed by atoms with van der Waals surface area (Å²) in [4.78, 5) is 38.7. The first kappa shape index (κ1) is 32.9.